The van der Waals surface area contributed by atoms with Gasteiger partial charge < -0.3 is 15.2 Å². The SMILES string of the molecule is COc1ccc(-c2ccc(C3CCCN3)c(C)c2)c(CO)c1. The predicted octanol–water partition coefficient (Wildman–Crippen LogP) is 3.59. The molecule has 2 N–H and O–H groups in total. The van der Waals surface area contributed by atoms with Gasteiger partial charge in [-0.25, -0.2) is 0 Å². The first-order valence-corrected chi connectivity index (χ1v) is 7.85. The topological polar surface area (TPSA) is 41.5 Å². The van der Waals surface area contributed by atoms with Gasteiger partial charge in [0.1, 0.15) is 5.75 Å². The van der Waals surface area contributed by atoms with E-state index in [1.807, 2.05) is 18.2 Å². The summed E-state index contributed by atoms with van der Waals surface area (Å²) >= 11 is 0. The van der Waals surface area contributed by atoms with Gasteiger partial charge in [-0.1, -0.05) is 24.3 Å². The standard InChI is InChI=1S/C19H23NO2/c1-13-10-14(5-7-17(13)19-4-3-9-20-19)18-8-6-16(22-2)11-15(18)12-21/h5-8,10-11,19-21H,3-4,9,12H2,1-2H3. The fourth-order valence-electron chi connectivity index (χ4n) is 3.29. The van der Waals surface area contributed by atoms with Crippen molar-refractivity contribution >= 4 is 0 Å². The molecule has 3 heteroatoms. The molecule has 1 aliphatic rings. The molecule has 1 fully saturated rings. The summed E-state index contributed by atoms with van der Waals surface area (Å²) in [5.74, 6) is 0.774. The number of hydrogen-bond acceptors (Lipinski definition) is 3. The van der Waals surface area contributed by atoms with E-state index < -0.39 is 0 Å². The van der Waals surface area contributed by atoms with Gasteiger partial charge in [0.15, 0.2) is 0 Å². The van der Waals surface area contributed by atoms with E-state index in [1.54, 1.807) is 7.11 Å². The number of aliphatic hydroxyl groups is 1. The first-order chi connectivity index (χ1) is 10.7. The summed E-state index contributed by atoms with van der Waals surface area (Å²) in [6.07, 6.45) is 2.46. The van der Waals surface area contributed by atoms with E-state index in [9.17, 15) is 5.11 Å². The Morgan fingerprint density at radius 3 is 2.73 bits per heavy atom. The summed E-state index contributed by atoms with van der Waals surface area (Å²) in [7, 11) is 1.64. The zero-order valence-electron chi connectivity index (χ0n) is 13.2. The largest absolute Gasteiger partial charge is 0.497 e. The number of nitrogens with one attached hydrogen (secondary N) is 1. The Kier molecular flexibility index (Phi) is 4.46. The minimum Gasteiger partial charge on any atom is -0.497 e. The summed E-state index contributed by atoms with van der Waals surface area (Å²) in [6, 6.07) is 12.9. The molecule has 3 nitrogen and oxygen atoms in total. The zero-order valence-corrected chi connectivity index (χ0v) is 13.2. The molecule has 0 saturated carbocycles. The monoisotopic (exact) mass is 297 g/mol. The average molecular weight is 297 g/mol. The Bertz CT molecular complexity index is 660. The molecule has 1 aliphatic heterocycles. The maximum absolute atomic E-state index is 9.63. The molecule has 3 rings (SSSR count). The van der Waals surface area contributed by atoms with Crippen molar-refractivity contribution < 1.29 is 9.84 Å². The van der Waals surface area contributed by atoms with E-state index >= 15 is 0 Å². The second kappa shape index (κ2) is 6.51. The quantitative estimate of drug-likeness (QED) is 0.906. The van der Waals surface area contributed by atoms with Crippen molar-refractivity contribution in [3.8, 4) is 16.9 Å². The minimum absolute atomic E-state index is 0.0114. The van der Waals surface area contributed by atoms with Crippen LogP contribution < -0.4 is 10.1 Å². The molecular weight excluding hydrogens is 274 g/mol. The van der Waals surface area contributed by atoms with Crippen LogP contribution in [0.4, 0.5) is 0 Å². The highest BCUT2D eigenvalue weighted by Gasteiger charge is 2.18. The van der Waals surface area contributed by atoms with Crippen molar-refractivity contribution in [1.29, 1.82) is 0 Å². The third-order valence-electron chi connectivity index (χ3n) is 4.50. The molecule has 0 aromatic heterocycles. The molecule has 0 radical (unpaired) electrons. The molecule has 0 aliphatic carbocycles. The Hall–Kier alpha value is -1.84. The van der Waals surface area contributed by atoms with E-state index in [-0.39, 0.29) is 6.61 Å². The maximum atomic E-state index is 9.63. The number of aryl methyl sites for hydroxylation is 1. The summed E-state index contributed by atoms with van der Waals surface area (Å²) < 4.78 is 5.24. The van der Waals surface area contributed by atoms with E-state index in [0.29, 0.717) is 6.04 Å². The molecule has 116 valence electrons. The van der Waals surface area contributed by atoms with Gasteiger partial charge in [-0.3, -0.25) is 0 Å². The van der Waals surface area contributed by atoms with Crippen LogP contribution in [-0.4, -0.2) is 18.8 Å². The van der Waals surface area contributed by atoms with Crippen LogP contribution in [-0.2, 0) is 6.61 Å². The van der Waals surface area contributed by atoms with Gasteiger partial charge in [-0.2, -0.15) is 0 Å². The number of rotatable bonds is 4. The summed E-state index contributed by atoms with van der Waals surface area (Å²) in [6.45, 7) is 3.29. The average Bonchev–Trinajstić information content (AvgIpc) is 3.08. The third kappa shape index (κ3) is 2.87. The van der Waals surface area contributed by atoms with Crippen molar-refractivity contribution in [3.63, 3.8) is 0 Å². The first-order valence-electron chi connectivity index (χ1n) is 7.85. The Morgan fingerprint density at radius 2 is 2.09 bits per heavy atom. The number of ether oxygens (including phenoxy) is 1. The van der Waals surface area contributed by atoms with Crippen LogP contribution >= 0.6 is 0 Å². The van der Waals surface area contributed by atoms with Gasteiger partial charge in [-0.15, -0.1) is 0 Å². The Labute approximate surface area is 131 Å². The molecule has 0 bridgehead atoms. The highest BCUT2D eigenvalue weighted by molar-refractivity contribution is 5.69. The summed E-state index contributed by atoms with van der Waals surface area (Å²) in [5, 5.41) is 13.2. The van der Waals surface area contributed by atoms with Crippen LogP contribution in [0.5, 0.6) is 5.75 Å². The molecule has 1 heterocycles. The lowest BCUT2D eigenvalue weighted by Gasteiger charge is -2.16. The van der Waals surface area contributed by atoms with Gasteiger partial charge in [0.05, 0.1) is 13.7 Å². The van der Waals surface area contributed by atoms with Gasteiger partial charge >= 0.3 is 0 Å². The van der Waals surface area contributed by atoms with E-state index in [0.717, 1.165) is 29.0 Å². The fourth-order valence-corrected chi connectivity index (χ4v) is 3.29. The molecular formula is C19H23NO2. The van der Waals surface area contributed by atoms with Crippen LogP contribution in [0.3, 0.4) is 0 Å². The number of hydrogen-bond donors (Lipinski definition) is 2. The summed E-state index contributed by atoms with van der Waals surface area (Å²) in [4.78, 5) is 0. The van der Waals surface area contributed by atoms with E-state index in [2.05, 4.69) is 30.4 Å². The van der Waals surface area contributed by atoms with Crippen molar-refractivity contribution in [2.75, 3.05) is 13.7 Å². The molecule has 2 aromatic rings. The second-order valence-corrected chi connectivity index (χ2v) is 5.90. The second-order valence-electron chi connectivity index (χ2n) is 5.90. The molecule has 0 spiro atoms. The van der Waals surface area contributed by atoms with E-state index in [4.69, 9.17) is 4.74 Å². The minimum atomic E-state index is 0.0114. The van der Waals surface area contributed by atoms with Gasteiger partial charge in [0.25, 0.3) is 0 Å². The Morgan fingerprint density at radius 1 is 1.23 bits per heavy atom. The smallest absolute Gasteiger partial charge is 0.119 e. The zero-order chi connectivity index (χ0) is 15.5. The lowest BCUT2D eigenvalue weighted by atomic mass is 9.93. The van der Waals surface area contributed by atoms with Crippen molar-refractivity contribution in [2.45, 2.75) is 32.4 Å². The van der Waals surface area contributed by atoms with Crippen LogP contribution in [0, 0.1) is 6.92 Å². The van der Waals surface area contributed by atoms with Crippen LogP contribution in [0.1, 0.15) is 35.6 Å². The fraction of sp³-hybridized carbons (Fsp3) is 0.368. The predicted molar refractivity (Wildman–Crippen MR) is 89.1 cm³/mol. The normalized spacial score (nSPS) is 17.7. The van der Waals surface area contributed by atoms with Crippen molar-refractivity contribution in [2.24, 2.45) is 0 Å². The highest BCUT2D eigenvalue weighted by atomic mass is 16.5. The third-order valence-corrected chi connectivity index (χ3v) is 4.50. The first kappa shape index (κ1) is 15.1. The van der Waals surface area contributed by atoms with E-state index in [1.165, 1.54) is 24.0 Å². The van der Waals surface area contributed by atoms with Gasteiger partial charge in [-0.05, 0) is 66.3 Å². The number of aliphatic hydroxyl groups excluding tert-OH is 1. The number of methoxy groups -OCH3 is 1. The molecule has 1 unspecified atom stereocenters. The van der Waals surface area contributed by atoms with Gasteiger partial charge in [0.2, 0.25) is 0 Å². The number of benzene rings is 2. The molecule has 22 heavy (non-hydrogen) atoms. The van der Waals surface area contributed by atoms with Gasteiger partial charge in [0, 0.05) is 6.04 Å². The van der Waals surface area contributed by atoms with Crippen LogP contribution in [0.25, 0.3) is 11.1 Å². The van der Waals surface area contributed by atoms with Crippen LogP contribution in [0.2, 0.25) is 0 Å². The van der Waals surface area contributed by atoms with Crippen molar-refractivity contribution in [3.05, 3.63) is 53.1 Å². The lowest BCUT2D eigenvalue weighted by molar-refractivity contribution is 0.281. The molecule has 0 amide bonds. The lowest BCUT2D eigenvalue weighted by Crippen LogP contribution is -2.13. The summed E-state index contributed by atoms with van der Waals surface area (Å²) in [5.41, 5.74) is 5.80. The Balaban J connectivity index is 1.97. The highest BCUT2D eigenvalue weighted by Crippen LogP contribution is 2.32. The molecule has 2 aromatic carbocycles. The van der Waals surface area contributed by atoms with Crippen LogP contribution in [0.15, 0.2) is 36.4 Å². The molecule has 1 atom stereocenters. The maximum Gasteiger partial charge on any atom is 0.119 e. The van der Waals surface area contributed by atoms with Crippen molar-refractivity contribution in [1.82, 2.24) is 5.32 Å². The molecule has 1 saturated heterocycles.